The van der Waals surface area contributed by atoms with Crippen LogP contribution in [0.2, 0.25) is 0 Å². The van der Waals surface area contributed by atoms with Gasteiger partial charge in [0.2, 0.25) is 11.8 Å². The normalized spacial score (nSPS) is 33.3. The Morgan fingerprint density at radius 2 is 1.75 bits per heavy atom. The second-order valence-electron chi connectivity index (χ2n) is 9.92. The van der Waals surface area contributed by atoms with E-state index in [4.69, 9.17) is 5.73 Å². The molecule has 0 spiro atoms. The van der Waals surface area contributed by atoms with Crippen LogP contribution in [0.15, 0.2) is 23.1 Å². The van der Waals surface area contributed by atoms with Gasteiger partial charge in [0.05, 0.1) is 10.9 Å². The van der Waals surface area contributed by atoms with Crippen LogP contribution in [0.5, 0.6) is 0 Å². The van der Waals surface area contributed by atoms with Crippen LogP contribution in [-0.2, 0) is 0 Å². The number of hydrogen-bond donors (Lipinski definition) is 2. The van der Waals surface area contributed by atoms with Gasteiger partial charge in [0.15, 0.2) is 5.43 Å². The third-order valence-electron chi connectivity index (χ3n) is 7.88. The first-order valence-corrected chi connectivity index (χ1v) is 11.1. The number of nitrogens with two attached hydrogens (primary N) is 1. The van der Waals surface area contributed by atoms with Crippen LogP contribution >= 0.6 is 0 Å². The highest BCUT2D eigenvalue weighted by Gasteiger charge is 2.54. The number of pyridine rings is 2. The first-order valence-electron chi connectivity index (χ1n) is 11.1. The number of nitrogens with one attached hydrogen (secondary N) is 1. The van der Waals surface area contributed by atoms with Crippen LogP contribution < -0.4 is 11.2 Å². The van der Waals surface area contributed by atoms with Crippen LogP contribution in [0.3, 0.4) is 0 Å². The number of nitrogens with zero attached hydrogens (tertiary/aromatic N) is 1. The average molecular weight is 451 g/mol. The summed E-state index contributed by atoms with van der Waals surface area (Å²) in [7, 11) is 0. The summed E-state index contributed by atoms with van der Waals surface area (Å²) in [6.07, 6.45) is 2.03. The molecule has 2 heterocycles. The van der Waals surface area contributed by atoms with Gasteiger partial charge in [0.1, 0.15) is 5.69 Å². The Hall–Kier alpha value is -2.45. The lowest BCUT2D eigenvalue weighted by molar-refractivity contribution is -0.0637. The molecule has 9 heteroatoms. The molecule has 0 saturated heterocycles. The molecule has 3 fully saturated rings. The summed E-state index contributed by atoms with van der Waals surface area (Å²) >= 11 is 0. The quantitative estimate of drug-likeness (QED) is 0.668. The van der Waals surface area contributed by atoms with Gasteiger partial charge in [-0.2, -0.15) is 0 Å². The van der Waals surface area contributed by atoms with Gasteiger partial charge in [-0.05, 0) is 49.0 Å². The fourth-order valence-electron chi connectivity index (χ4n) is 6.62. The van der Waals surface area contributed by atoms with E-state index in [0.29, 0.717) is 30.5 Å². The zero-order chi connectivity index (χ0) is 22.8. The monoisotopic (exact) mass is 451 g/mol. The van der Waals surface area contributed by atoms with Gasteiger partial charge in [-0.25, -0.2) is 17.6 Å². The molecule has 2 aromatic heterocycles. The maximum Gasteiger partial charge on any atom is 0.268 e. The van der Waals surface area contributed by atoms with Gasteiger partial charge in [0.25, 0.3) is 5.91 Å². The van der Waals surface area contributed by atoms with E-state index in [1.165, 1.54) is 18.3 Å². The maximum absolute atomic E-state index is 14.5. The molecule has 0 aliphatic heterocycles. The summed E-state index contributed by atoms with van der Waals surface area (Å²) in [4.78, 5) is 31.5. The number of H-pyrrole nitrogens is 1. The SMILES string of the molecule is NC(=O)c1nccc2[nH]c(C3CC(F)(F)CCC3C3C[C@@H]4CC(F)(F)C[C@@H]4C3)cc(=O)c12. The molecular formula is C23H25F4N3O2. The van der Waals surface area contributed by atoms with Gasteiger partial charge in [-0.3, -0.25) is 14.6 Å². The molecule has 5 atom stereocenters. The van der Waals surface area contributed by atoms with E-state index in [1.807, 2.05) is 0 Å². The van der Waals surface area contributed by atoms with Crippen LogP contribution in [0, 0.1) is 23.7 Å². The smallest absolute Gasteiger partial charge is 0.268 e. The van der Waals surface area contributed by atoms with Crippen molar-refractivity contribution in [2.75, 3.05) is 0 Å². The van der Waals surface area contributed by atoms with Crippen molar-refractivity contribution in [3.63, 3.8) is 0 Å². The topological polar surface area (TPSA) is 88.8 Å². The predicted octanol–water partition coefficient (Wildman–Crippen LogP) is 4.61. The van der Waals surface area contributed by atoms with Gasteiger partial charge in [-0.15, -0.1) is 0 Å². The van der Waals surface area contributed by atoms with Crippen molar-refractivity contribution < 1.29 is 22.4 Å². The van der Waals surface area contributed by atoms with Crippen LogP contribution in [0.25, 0.3) is 10.9 Å². The lowest BCUT2D eigenvalue weighted by Crippen LogP contribution is -2.35. The number of rotatable bonds is 3. The number of carbonyl (C=O) groups is 1. The van der Waals surface area contributed by atoms with Gasteiger partial charge < -0.3 is 10.7 Å². The zero-order valence-electron chi connectivity index (χ0n) is 17.4. The highest BCUT2D eigenvalue weighted by Crippen LogP contribution is 2.58. The number of alkyl halides is 4. The number of amides is 1. The maximum atomic E-state index is 14.5. The molecule has 3 aliphatic rings. The van der Waals surface area contributed by atoms with Crippen molar-refractivity contribution in [3.8, 4) is 0 Å². The number of carbonyl (C=O) groups excluding carboxylic acids is 1. The third-order valence-corrected chi connectivity index (χ3v) is 7.88. The standard InChI is InChI=1S/C23H25F4N3O2/c24-22(25)3-1-14(11-5-12-8-23(26,27)9-13(12)6-11)15(10-22)17-7-18(31)19-16(30-17)2-4-29-20(19)21(28)32/h2,4,7,11-15H,1,3,5-6,8-10H2,(H2,28,32)(H,30,31)/t11?,12-,13+,14?,15?. The van der Waals surface area contributed by atoms with Crippen LogP contribution in [0.1, 0.15) is 67.0 Å². The first-order chi connectivity index (χ1) is 15.0. The van der Waals surface area contributed by atoms with Crippen molar-refractivity contribution in [1.82, 2.24) is 9.97 Å². The second-order valence-corrected chi connectivity index (χ2v) is 9.92. The molecule has 3 N–H and O–H groups in total. The van der Waals surface area contributed by atoms with E-state index in [-0.39, 0.29) is 54.0 Å². The summed E-state index contributed by atoms with van der Waals surface area (Å²) in [6.45, 7) is 0. The molecule has 0 aromatic carbocycles. The Labute approximate surface area is 181 Å². The van der Waals surface area contributed by atoms with Crippen molar-refractivity contribution in [2.24, 2.45) is 29.4 Å². The molecule has 3 saturated carbocycles. The zero-order valence-corrected chi connectivity index (χ0v) is 17.4. The van der Waals surface area contributed by atoms with Crippen molar-refractivity contribution in [3.05, 3.63) is 39.9 Å². The molecule has 3 unspecified atom stereocenters. The highest BCUT2D eigenvalue weighted by atomic mass is 19.3. The minimum atomic E-state index is -2.86. The lowest BCUT2D eigenvalue weighted by Gasteiger charge is -2.39. The number of hydrogen-bond acceptors (Lipinski definition) is 3. The van der Waals surface area contributed by atoms with Crippen LogP contribution in [-0.4, -0.2) is 27.7 Å². The van der Waals surface area contributed by atoms with Gasteiger partial charge >= 0.3 is 0 Å². The van der Waals surface area contributed by atoms with Crippen LogP contribution in [0.4, 0.5) is 17.6 Å². The van der Waals surface area contributed by atoms with Crippen molar-refractivity contribution >= 4 is 16.8 Å². The molecule has 172 valence electrons. The average Bonchev–Trinajstić information content (AvgIpc) is 3.20. The number of primary amides is 1. The Balaban J connectivity index is 1.50. The molecule has 5 nitrogen and oxygen atoms in total. The largest absolute Gasteiger partial charge is 0.364 e. The van der Waals surface area contributed by atoms with E-state index < -0.39 is 35.5 Å². The number of halogens is 4. The van der Waals surface area contributed by atoms with E-state index in [9.17, 15) is 27.2 Å². The fraction of sp³-hybridized carbons (Fsp3) is 0.609. The molecule has 1 amide bonds. The molecule has 5 rings (SSSR count). The summed E-state index contributed by atoms with van der Waals surface area (Å²) in [5.74, 6) is -7.05. The number of aromatic nitrogens is 2. The molecule has 0 bridgehead atoms. The predicted molar refractivity (Wildman–Crippen MR) is 110 cm³/mol. The number of aromatic amines is 1. The Kier molecular flexibility index (Phi) is 4.87. The van der Waals surface area contributed by atoms with E-state index in [0.717, 1.165) is 0 Å². The minimum Gasteiger partial charge on any atom is -0.364 e. The van der Waals surface area contributed by atoms with Crippen molar-refractivity contribution in [1.29, 1.82) is 0 Å². The first kappa shape index (κ1) is 21.4. The molecule has 3 aliphatic carbocycles. The Bertz CT molecular complexity index is 1120. The summed E-state index contributed by atoms with van der Waals surface area (Å²) in [6, 6.07) is 2.80. The minimum absolute atomic E-state index is 0.0421. The number of fused-ring (bicyclic) bond motifs is 2. The second kappa shape index (κ2) is 7.28. The summed E-state index contributed by atoms with van der Waals surface area (Å²) in [5.41, 5.74) is 5.40. The fourth-order valence-corrected chi connectivity index (χ4v) is 6.62. The Morgan fingerprint density at radius 1 is 1.06 bits per heavy atom. The van der Waals surface area contributed by atoms with E-state index >= 15 is 0 Å². The van der Waals surface area contributed by atoms with Gasteiger partial charge in [0, 0.05) is 49.6 Å². The lowest BCUT2D eigenvalue weighted by atomic mass is 9.68. The van der Waals surface area contributed by atoms with E-state index in [1.54, 1.807) is 0 Å². The van der Waals surface area contributed by atoms with E-state index in [2.05, 4.69) is 9.97 Å². The third kappa shape index (κ3) is 3.69. The highest BCUT2D eigenvalue weighted by molar-refractivity contribution is 6.03. The molecule has 32 heavy (non-hydrogen) atoms. The van der Waals surface area contributed by atoms with Gasteiger partial charge in [-0.1, -0.05) is 0 Å². The summed E-state index contributed by atoms with van der Waals surface area (Å²) < 4.78 is 56.5. The van der Waals surface area contributed by atoms with Crippen molar-refractivity contribution in [2.45, 2.75) is 62.7 Å². The molecule has 0 radical (unpaired) electrons. The molecule has 2 aromatic rings. The molecular weight excluding hydrogens is 426 g/mol. The Morgan fingerprint density at radius 3 is 2.41 bits per heavy atom. The summed E-state index contributed by atoms with van der Waals surface area (Å²) in [5, 5.41) is 0.0421.